The summed E-state index contributed by atoms with van der Waals surface area (Å²) >= 11 is 1.83. The van der Waals surface area contributed by atoms with E-state index in [2.05, 4.69) is 68.1 Å². The van der Waals surface area contributed by atoms with Gasteiger partial charge in [0.05, 0.1) is 19.8 Å². The number of hydrogen-bond donors (Lipinski definition) is 1. The number of benzene rings is 1. The van der Waals surface area contributed by atoms with Crippen molar-refractivity contribution >= 4 is 39.8 Å². The van der Waals surface area contributed by atoms with E-state index in [-0.39, 0.29) is 0 Å². The summed E-state index contributed by atoms with van der Waals surface area (Å²) in [7, 11) is 2.21. The molecule has 5 heterocycles. The Morgan fingerprint density at radius 2 is 1.89 bits per heavy atom. The fourth-order valence-corrected chi connectivity index (χ4v) is 6.18. The quantitative estimate of drug-likeness (QED) is 0.367. The lowest BCUT2D eigenvalue weighted by Crippen LogP contribution is -2.41. The third-order valence-electron chi connectivity index (χ3n) is 7.84. The zero-order chi connectivity index (χ0) is 25.4. The van der Waals surface area contributed by atoms with Crippen molar-refractivity contribution in [3.8, 4) is 11.4 Å². The van der Waals surface area contributed by atoms with Crippen molar-refractivity contribution in [1.82, 2.24) is 33.7 Å². The summed E-state index contributed by atoms with van der Waals surface area (Å²) in [4.78, 5) is 23.7. The van der Waals surface area contributed by atoms with E-state index in [0.29, 0.717) is 19.3 Å². The maximum absolute atomic E-state index is 5.65. The van der Waals surface area contributed by atoms with Crippen molar-refractivity contribution in [2.45, 2.75) is 38.9 Å². The van der Waals surface area contributed by atoms with Crippen molar-refractivity contribution in [2.24, 2.45) is 0 Å². The van der Waals surface area contributed by atoms with Gasteiger partial charge in [-0.15, -0.1) is 0 Å². The van der Waals surface area contributed by atoms with Gasteiger partial charge in [-0.05, 0) is 45.2 Å². The van der Waals surface area contributed by atoms with Crippen LogP contribution in [0.25, 0.3) is 33.5 Å². The van der Waals surface area contributed by atoms with Crippen LogP contribution in [0.15, 0.2) is 30.5 Å². The molecule has 2 aliphatic rings. The predicted octanol–water partition coefficient (Wildman–Crippen LogP) is 4.01. The topological polar surface area (TPSA) is 78.3 Å². The van der Waals surface area contributed by atoms with E-state index in [0.717, 1.165) is 84.4 Å². The molecule has 10 heteroatoms. The van der Waals surface area contributed by atoms with Gasteiger partial charge in [-0.3, -0.25) is 9.21 Å². The van der Waals surface area contributed by atoms with Crippen LogP contribution in [0.1, 0.15) is 25.6 Å². The molecule has 0 bridgehead atoms. The van der Waals surface area contributed by atoms with Gasteiger partial charge in [0.15, 0.2) is 22.8 Å². The van der Waals surface area contributed by atoms with Crippen LogP contribution in [0.3, 0.4) is 0 Å². The molecule has 0 unspecified atom stereocenters. The first-order chi connectivity index (χ1) is 18.2. The van der Waals surface area contributed by atoms with Crippen LogP contribution in [0, 0.1) is 0 Å². The van der Waals surface area contributed by atoms with E-state index in [1.54, 1.807) is 0 Å². The summed E-state index contributed by atoms with van der Waals surface area (Å²) in [6, 6.07) is 9.02. The van der Waals surface area contributed by atoms with Gasteiger partial charge in [-0.25, -0.2) is 15.0 Å². The highest BCUT2D eigenvalue weighted by Gasteiger charge is 2.26. The molecule has 6 rings (SSSR count). The molecule has 2 aliphatic heterocycles. The van der Waals surface area contributed by atoms with Crippen LogP contribution in [-0.2, 0) is 17.8 Å². The maximum Gasteiger partial charge on any atom is 0.166 e. The molecular formula is C27H36N8OS. The number of aryl methyl sites for hydroxylation is 1. The Balaban J connectivity index is 1.40. The second-order valence-corrected chi connectivity index (χ2v) is 10.8. The molecule has 0 spiro atoms. The van der Waals surface area contributed by atoms with E-state index in [1.807, 2.05) is 18.1 Å². The van der Waals surface area contributed by atoms with Gasteiger partial charge in [0, 0.05) is 61.4 Å². The maximum atomic E-state index is 5.65. The fraction of sp³-hybridized carbons (Fsp3) is 0.519. The van der Waals surface area contributed by atoms with Crippen LogP contribution < -0.4 is 4.90 Å². The first kappa shape index (κ1) is 24.7. The van der Waals surface area contributed by atoms with Gasteiger partial charge < -0.3 is 19.2 Å². The van der Waals surface area contributed by atoms with Crippen molar-refractivity contribution < 1.29 is 4.74 Å². The van der Waals surface area contributed by atoms with Crippen LogP contribution in [0.4, 0.5) is 5.82 Å². The van der Waals surface area contributed by atoms with Crippen molar-refractivity contribution in [3.05, 3.63) is 36.3 Å². The molecule has 0 amide bonds. The number of nitrogens with one attached hydrogen (secondary N) is 1. The number of fused-ring (bicyclic) bond motifs is 2. The normalized spacial score (nSPS) is 18.0. The Morgan fingerprint density at radius 3 is 2.65 bits per heavy atom. The van der Waals surface area contributed by atoms with Crippen molar-refractivity contribution in [3.63, 3.8) is 0 Å². The number of H-pyrrole nitrogens is 1. The van der Waals surface area contributed by atoms with Gasteiger partial charge in [-0.2, -0.15) is 0 Å². The second-order valence-electron chi connectivity index (χ2n) is 9.90. The number of imidazole rings is 1. The van der Waals surface area contributed by atoms with Gasteiger partial charge in [0.1, 0.15) is 5.82 Å². The smallest absolute Gasteiger partial charge is 0.166 e. The van der Waals surface area contributed by atoms with Gasteiger partial charge in [0.25, 0.3) is 0 Å². The lowest BCUT2D eigenvalue weighted by Gasteiger charge is -2.35. The third kappa shape index (κ3) is 4.71. The molecule has 1 N–H and O–H groups in total. The van der Waals surface area contributed by atoms with E-state index >= 15 is 0 Å². The number of hydrogen-bond acceptors (Lipinski definition) is 8. The first-order valence-electron chi connectivity index (χ1n) is 13.3. The Labute approximate surface area is 222 Å². The molecule has 2 saturated heterocycles. The number of rotatable bonds is 7. The molecular weight excluding hydrogens is 484 g/mol. The number of aromatic nitrogens is 5. The van der Waals surface area contributed by atoms with Crippen LogP contribution in [0.2, 0.25) is 0 Å². The van der Waals surface area contributed by atoms with Crippen molar-refractivity contribution in [2.75, 3.05) is 57.6 Å². The summed E-state index contributed by atoms with van der Waals surface area (Å²) in [6.45, 7) is 9.05. The highest BCUT2D eigenvalue weighted by Crippen LogP contribution is 2.32. The van der Waals surface area contributed by atoms with E-state index in [9.17, 15) is 0 Å². The highest BCUT2D eigenvalue weighted by molar-refractivity contribution is 7.96. The molecule has 9 nitrogen and oxygen atoms in total. The summed E-state index contributed by atoms with van der Waals surface area (Å²) in [5, 5.41) is 1.13. The Kier molecular flexibility index (Phi) is 7.07. The number of ether oxygens (including phenoxy) is 1. The van der Waals surface area contributed by atoms with Crippen LogP contribution in [-0.4, -0.2) is 92.4 Å². The van der Waals surface area contributed by atoms with Gasteiger partial charge in [0.2, 0.25) is 0 Å². The number of piperidine rings is 1. The fourth-order valence-electron chi connectivity index (χ4n) is 5.67. The summed E-state index contributed by atoms with van der Waals surface area (Å²) in [5.74, 6) is 2.75. The first-order valence-corrected chi connectivity index (χ1v) is 14.5. The second kappa shape index (κ2) is 10.6. The van der Waals surface area contributed by atoms with Gasteiger partial charge in [-0.1, -0.05) is 24.1 Å². The Bertz CT molecular complexity index is 1370. The monoisotopic (exact) mass is 520 g/mol. The molecule has 4 aromatic rings. The SMILES string of the molecule is CCn1c(CN2CCC(N(C)SC)CC2)nc2c(N3CCOCC3)nc(-c3cccc4[nH]ccc34)nc21. The van der Waals surface area contributed by atoms with E-state index in [1.165, 1.54) is 12.8 Å². The number of anilines is 1. The molecule has 1 aromatic carbocycles. The minimum atomic E-state index is 0.647. The minimum absolute atomic E-state index is 0.647. The summed E-state index contributed by atoms with van der Waals surface area (Å²) < 4.78 is 10.3. The third-order valence-corrected chi connectivity index (χ3v) is 8.72. The zero-order valence-corrected chi connectivity index (χ0v) is 22.8. The molecule has 0 radical (unpaired) electrons. The Hall–Kier alpha value is -2.66. The average molecular weight is 521 g/mol. The minimum Gasteiger partial charge on any atom is -0.378 e. The number of nitrogens with zero attached hydrogens (tertiary/aromatic N) is 7. The molecule has 0 saturated carbocycles. The summed E-state index contributed by atoms with van der Waals surface area (Å²) in [5.41, 5.74) is 3.96. The van der Waals surface area contributed by atoms with Gasteiger partial charge >= 0.3 is 0 Å². The lowest BCUT2D eigenvalue weighted by atomic mass is 10.1. The predicted molar refractivity (Wildman–Crippen MR) is 151 cm³/mol. The highest BCUT2D eigenvalue weighted by atomic mass is 32.2. The average Bonchev–Trinajstić information content (AvgIpc) is 3.57. The molecule has 3 aromatic heterocycles. The summed E-state index contributed by atoms with van der Waals surface area (Å²) in [6.07, 6.45) is 6.51. The van der Waals surface area contributed by atoms with E-state index < -0.39 is 0 Å². The number of likely N-dealkylation sites (tertiary alicyclic amines) is 1. The van der Waals surface area contributed by atoms with Crippen molar-refractivity contribution in [1.29, 1.82) is 0 Å². The number of morpholine rings is 1. The van der Waals surface area contributed by atoms with Crippen LogP contribution in [0.5, 0.6) is 0 Å². The lowest BCUT2D eigenvalue weighted by molar-refractivity contribution is 0.122. The Morgan fingerprint density at radius 1 is 1.08 bits per heavy atom. The van der Waals surface area contributed by atoms with Crippen LogP contribution >= 0.6 is 11.9 Å². The largest absolute Gasteiger partial charge is 0.378 e. The molecule has 2 fully saturated rings. The molecule has 37 heavy (non-hydrogen) atoms. The molecule has 196 valence electrons. The van der Waals surface area contributed by atoms with E-state index in [4.69, 9.17) is 19.7 Å². The molecule has 0 atom stereocenters. The zero-order valence-electron chi connectivity index (χ0n) is 22.0. The molecule has 0 aliphatic carbocycles. The number of aromatic amines is 1. The standard InChI is InChI=1S/C27H36N8OS/c1-4-35-23(18-33-12-9-19(10-13-33)32(2)37-3)29-24-26(34-14-16-36-17-15-34)30-25(31-27(24)35)21-6-5-7-22-20(21)8-11-28-22/h5-8,11,19,28H,4,9-10,12-18H2,1-3H3.